The van der Waals surface area contributed by atoms with Crippen LogP contribution in [0.1, 0.15) is 37.1 Å². The van der Waals surface area contributed by atoms with Crippen molar-refractivity contribution < 1.29 is 4.79 Å². The lowest BCUT2D eigenvalue weighted by Gasteiger charge is -2.19. The predicted octanol–water partition coefficient (Wildman–Crippen LogP) is 3.54. The van der Waals surface area contributed by atoms with Crippen LogP contribution in [0.2, 0.25) is 0 Å². The fraction of sp³-hybridized carbons (Fsp3) is 0.471. The smallest absolute Gasteiger partial charge is 0.222 e. The molecule has 5 heteroatoms. The molecule has 1 aliphatic rings. The Kier molecular flexibility index (Phi) is 5.16. The Balaban J connectivity index is 1.55. The number of amides is 1. The summed E-state index contributed by atoms with van der Waals surface area (Å²) < 4.78 is 0. The minimum absolute atomic E-state index is 0.275. The zero-order valence-corrected chi connectivity index (χ0v) is 13.5. The SMILES string of the molecule is O=C(CCc1nc(-c2ccccn2)cs1)N1CCCCCC1. The zero-order valence-electron chi connectivity index (χ0n) is 12.7. The molecule has 1 saturated heterocycles. The molecule has 1 aliphatic heterocycles. The van der Waals surface area contributed by atoms with Crippen LogP contribution in [0.25, 0.3) is 11.4 Å². The molecule has 1 fully saturated rings. The summed E-state index contributed by atoms with van der Waals surface area (Å²) in [6, 6.07) is 5.82. The van der Waals surface area contributed by atoms with E-state index in [-0.39, 0.29) is 5.91 Å². The van der Waals surface area contributed by atoms with E-state index >= 15 is 0 Å². The largest absolute Gasteiger partial charge is 0.343 e. The predicted molar refractivity (Wildman–Crippen MR) is 88.7 cm³/mol. The van der Waals surface area contributed by atoms with Gasteiger partial charge in [0.1, 0.15) is 0 Å². The average molecular weight is 315 g/mol. The van der Waals surface area contributed by atoms with Crippen molar-refractivity contribution in [1.29, 1.82) is 0 Å². The highest BCUT2D eigenvalue weighted by Crippen LogP contribution is 2.21. The van der Waals surface area contributed by atoms with Crippen molar-refractivity contribution in [1.82, 2.24) is 14.9 Å². The molecule has 0 aromatic carbocycles. The van der Waals surface area contributed by atoms with Crippen LogP contribution >= 0.6 is 11.3 Å². The quantitative estimate of drug-likeness (QED) is 0.867. The van der Waals surface area contributed by atoms with Gasteiger partial charge in [0, 0.05) is 37.5 Å². The first-order valence-electron chi connectivity index (χ1n) is 7.96. The molecule has 0 unspecified atom stereocenters. The van der Waals surface area contributed by atoms with E-state index < -0.39 is 0 Å². The molecule has 4 nitrogen and oxygen atoms in total. The summed E-state index contributed by atoms with van der Waals surface area (Å²) >= 11 is 1.62. The number of hydrogen-bond acceptors (Lipinski definition) is 4. The van der Waals surface area contributed by atoms with Crippen LogP contribution in [0.5, 0.6) is 0 Å². The lowest BCUT2D eigenvalue weighted by Crippen LogP contribution is -2.31. The Labute approximate surface area is 135 Å². The number of thiazole rings is 1. The second-order valence-corrected chi connectivity index (χ2v) is 6.58. The molecule has 1 amide bonds. The Hall–Kier alpha value is -1.75. The monoisotopic (exact) mass is 315 g/mol. The molecule has 3 heterocycles. The van der Waals surface area contributed by atoms with Gasteiger partial charge in [-0.25, -0.2) is 4.98 Å². The molecular formula is C17H21N3OS. The van der Waals surface area contributed by atoms with Crippen molar-refractivity contribution in [3.63, 3.8) is 0 Å². The van der Waals surface area contributed by atoms with Crippen LogP contribution in [0, 0.1) is 0 Å². The number of rotatable bonds is 4. The van der Waals surface area contributed by atoms with Crippen LogP contribution in [0.3, 0.4) is 0 Å². The molecule has 22 heavy (non-hydrogen) atoms. The average Bonchev–Trinajstić information content (AvgIpc) is 2.87. The topological polar surface area (TPSA) is 46.1 Å². The Bertz CT molecular complexity index is 603. The van der Waals surface area contributed by atoms with Crippen molar-refractivity contribution in [3.8, 4) is 11.4 Å². The van der Waals surface area contributed by atoms with Crippen LogP contribution in [-0.4, -0.2) is 33.9 Å². The second kappa shape index (κ2) is 7.49. The molecule has 0 atom stereocenters. The van der Waals surface area contributed by atoms with Gasteiger partial charge in [-0.3, -0.25) is 9.78 Å². The lowest BCUT2D eigenvalue weighted by atomic mass is 10.2. The van der Waals surface area contributed by atoms with Crippen molar-refractivity contribution in [2.45, 2.75) is 38.5 Å². The van der Waals surface area contributed by atoms with E-state index in [1.165, 1.54) is 12.8 Å². The summed E-state index contributed by atoms with van der Waals surface area (Å²) in [6.45, 7) is 1.85. The molecule has 0 N–H and O–H groups in total. The van der Waals surface area contributed by atoms with Gasteiger partial charge in [0.2, 0.25) is 5.91 Å². The van der Waals surface area contributed by atoms with E-state index in [0.717, 1.165) is 48.7 Å². The standard InChI is InChI=1S/C17H21N3OS/c21-17(20-11-5-1-2-6-12-20)9-8-16-19-15(13-22-16)14-7-3-4-10-18-14/h3-4,7,10,13H,1-2,5-6,8-9,11-12H2. The van der Waals surface area contributed by atoms with Crippen molar-refractivity contribution in [2.24, 2.45) is 0 Å². The highest BCUT2D eigenvalue weighted by molar-refractivity contribution is 7.09. The van der Waals surface area contributed by atoms with Crippen molar-refractivity contribution in [3.05, 3.63) is 34.8 Å². The summed E-state index contributed by atoms with van der Waals surface area (Å²) in [4.78, 5) is 23.2. The highest BCUT2D eigenvalue weighted by atomic mass is 32.1. The Morgan fingerprint density at radius 3 is 2.68 bits per heavy atom. The van der Waals surface area contributed by atoms with Crippen LogP contribution in [0.4, 0.5) is 0 Å². The molecule has 116 valence electrons. The number of aryl methyl sites for hydroxylation is 1. The summed E-state index contributed by atoms with van der Waals surface area (Å²) in [6.07, 6.45) is 7.87. The number of carbonyl (C=O) groups excluding carboxylic acids is 1. The molecule has 0 radical (unpaired) electrons. The van der Waals surface area contributed by atoms with Gasteiger partial charge in [0.15, 0.2) is 0 Å². The van der Waals surface area contributed by atoms with Crippen LogP contribution in [-0.2, 0) is 11.2 Å². The van der Waals surface area contributed by atoms with Gasteiger partial charge in [-0.05, 0) is 25.0 Å². The Morgan fingerprint density at radius 2 is 1.95 bits per heavy atom. The van der Waals surface area contributed by atoms with E-state index in [1.54, 1.807) is 17.5 Å². The first-order valence-corrected chi connectivity index (χ1v) is 8.84. The fourth-order valence-corrected chi connectivity index (χ4v) is 3.54. The van der Waals surface area contributed by atoms with E-state index in [0.29, 0.717) is 6.42 Å². The summed E-state index contributed by atoms with van der Waals surface area (Å²) in [5.41, 5.74) is 1.80. The van der Waals surface area contributed by atoms with Gasteiger partial charge < -0.3 is 4.90 Å². The van der Waals surface area contributed by atoms with E-state index in [9.17, 15) is 4.79 Å². The summed E-state index contributed by atoms with van der Waals surface area (Å²) in [5, 5.41) is 3.04. The number of carbonyl (C=O) groups is 1. The lowest BCUT2D eigenvalue weighted by molar-refractivity contribution is -0.131. The molecule has 0 bridgehead atoms. The molecule has 2 aromatic rings. The first kappa shape index (κ1) is 15.2. The van der Waals surface area contributed by atoms with Gasteiger partial charge in [-0.15, -0.1) is 11.3 Å². The molecule has 0 aliphatic carbocycles. The number of likely N-dealkylation sites (tertiary alicyclic amines) is 1. The number of pyridine rings is 1. The third-order valence-corrected chi connectivity index (χ3v) is 4.90. The summed E-state index contributed by atoms with van der Waals surface area (Å²) in [5.74, 6) is 0.275. The van der Waals surface area contributed by atoms with E-state index in [4.69, 9.17) is 0 Å². The van der Waals surface area contributed by atoms with Gasteiger partial charge >= 0.3 is 0 Å². The molecule has 2 aromatic heterocycles. The maximum absolute atomic E-state index is 12.3. The van der Waals surface area contributed by atoms with E-state index in [2.05, 4.69) is 9.97 Å². The summed E-state index contributed by atoms with van der Waals surface area (Å²) in [7, 11) is 0. The maximum Gasteiger partial charge on any atom is 0.222 e. The molecule has 3 rings (SSSR count). The van der Waals surface area contributed by atoms with Gasteiger partial charge in [-0.1, -0.05) is 18.9 Å². The number of hydrogen-bond donors (Lipinski definition) is 0. The minimum atomic E-state index is 0.275. The molecule has 0 saturated carbocycles. The highest BCUT2D eigenvalue weighted by Gasteiger charge is 2.16. The van der Waals surface area contributed by atoms with Gasteiger partial charge in [-0.2, -0.15) is 0 Å². The minimum Gasteiger partial charge on any atom is -0.343 e. The molecule has 0 spiro atoms. The molecular weight excluding hydrogens is 294 g/mol. The van der Waals surface area contributed by atoms with Gasteiger partial charge in [0.05, 0.1) is 16.4 Å². The van der Waals surface area contributed by atoms with Crippen LogP contribution < -0.4 is 0 Å². The van der Waals surface area contributed by atoms with E-state index in [1.807, 2.05) is 28.5 Å². The maximum atomic E-state index is 12.3. The number of aromatic nitrogens is 2. The normalized spacial score (nSPS) is 15.5. The van der Waals surface area contributed by atoms with Crippen molar-refractivity contribution >= 4 is 17.2 Å². The zero-order chi connectivity index (χ0) is 15.2. The fourth-order valence-electron chi connectivity index (χ4n) is 2.75. The number of nitrogens with zero attached hydrogens (tertiary/aromatic N) is 3. The third-order valence-electron chi connectivity index (χ3n) is 3.99. The second-order valence-electron chi connectivity index (χ2n) is 5.64. The Morgan fingerprint density at radius 1 is 1.14 bits per heavy atom. The van der Waals surface area contributed by atoms with Crippen molar-refractivity contribution in [2.75, 3.05) is 13.1 Å². The van der Waals surface area contributed by atoms with Gasteiger partial charge in [0.25, 0.3) is 0 Å². The van der Waals surface area contributed by atoms with Crippen LogP contribution in [0.15, 0.2) is 29.8 Å². The first-order chi connectivity index (χ1) is 10.8. The third kappa shape index (κ3) is 3.91.